The molecule has 0 heterocycles. The van der Waals surface area contributed by atoms with Crippen LogP contribution in [0.5, 0.6) is 0 Å². The van der Waals surface area contributed by atoms with Gasteiger partial charge in [-0.3, -0.25) is 0 Å². The lowest BCUT2D eigenvalue weighted by Crippen LogP contribution is -2.31. The summed E-state index contributed by atoms with van der Waals surface area (Å²) >= 11 is 5.99. The first kappa shape index (κ1) is 17.4. The fourth-order valence-corrected chi connectivity index (χ4v) is 2.74. The molecular formula is C19H23ClN2O. The lowest BCUT2D eigenvalue weighted by molar-refractivity contribution is 0.220. The Kier molecular flexibility index (Phi) is 5.67. The predicted octanol–water partition coefficient (Wildman–Crippen LogP) is 5.44. The second-order valence-corrected chi connectivity index (χ2v) is 6.55. The van der Waals surface area contributed by atoms with Gasteiger partial charge in [-0.05, 0) is 41.7 Å². The molecule has 0 aliphatic rings. The SMILES string of the molecule is Cc1cccc(C(C)C)c1NC(=O)N(C)Cc1cccc(Cl)c1. The lowest BCUT2D eigenvalue weighted by Gasteiger charge is -2.21. The summed E-state index contributed by atoms with van der Waals surface area (Å²) in [5.41, 5.74) is 4.13. The van der Waals surface area contributed by atoms with Gasteiger partial charge in [-0.2, -0.15) is 0 Å². The number of urea groups is 1. The summed E-state index contributed by atoms with van der Waals surface area (Å²) < 4.78 is 0. The Bertz CT molecular complexity index is 698. The van der Waals surface area contributed by atoms with E-state index in [2.05, 4.69) is 25.2 Å². The second kappa shape index (κ2) is 7.51. The van der Waals surface area contributed by atoms with Gasteiger partial charge in [-0.25, -0.2) is 4.79 Å². The summed E-state index contributed by atoms with van der Waals surface area (Å²) in [5, 5.41) is 3.73. The maximum Gasteiger partial charge on any atom is 0.321 e. The molecule has 0 aromatic heterocycles. The van der Waals surface area contributed by atoms with Gasteiger partial charge in [0.05, 0.1) is 0 Å². The van der Waals surface area contributed by atoms with Gasteiger partial charge in [0.2, 0.25) is 0 Å². The van der Waals surface area contributed by atoms with Crippen molar-refractivity contribution in [1.29, 1.82) is 0 Å². The van der Waals surface area contributed by atoms with Gasteiger partial charge in [0.1, 0.15) is 0 Å². The standard InChI is InChI=1S/C19H23ClN2O/c1-13(2)17-10-5-7-14(3)18(17)21-19(23)22(4)12-15-8-6-9-16(20)11-15/h5-11,13H,12H2,1-4H3,(H,21,23). The van der Waals surface area contributed by atoms with E-state index in [9.17, 15) is 4.79 Å². The lowest BCUT2D eigenvalue weighted by atomic mass is 9.98. The van der Waals surface area contributed by atoms with Gasteiger partial charge < -0.3 is 10.2 Å². The highest BCUT2D eigenvalue weighted by Crippen LogP contribution is 2.27. The molecule has 0 bridgehead atoms. The third-order valence-corrected chi connectivity index (χ3v) is 4.05. The molecule has 2 aromatic rings. The van der Waals surface area contributed by atoms with Crippen LogP contribution < -0.4 is 5.32 Å². The summed E-state index contributed by atoms with van der Waals surface area (Å²) in [4.78, 5) is 14.2. The highest BCUT2D eigenvalue weighted by molar-refractivity contribution is 6.30. The Morgan fingerprint density at radius 2 is 1.91 bits per heavy atom. The van der Waals surface area contributed by atoms with Crippen LogP contribution in [0.15, 0.2) is 42.5 Å². The summed E-state index contributed by atoms with van der Waals surface area (Å²) in [5.74, 6) is 0.350. The van der Waals surface area contributed by atoms with E-state index in [1.54, 1.807) is 11.9 Å². The van der Waals surface area contributed by atoms with Crippen molar-refractivity contribution in [3.05, 3.63) is 64.2 Å². The summed E-state index contributed by atoms with van der Waals surface area (Å²) in [6.07, 6.45) is 0. The van der Waals surface area contributed by atoms with Crippen molar-refractivity contribution in [2.24, 2.45) is 0 Å². The molecular weight excluding hydrogens is 308 g/mol. The van der Waals surface area contributed by atoms with Crippen LogP contribution in [0.25, 0.3) is 0 Å². The summed E-state index contributed by atoms with van der Waals surface area (Å²) in [6, 6.07) is 13.5. The summed E-state index contributed by atoms with van der Waals surface area (Å²) in [7, 11) is 1.78. The Balaban J connectivity index is 2.13. The third-order valence-electron chi connectivity index (χ3n) is 3.81. The quantitative estimate of drug-likeness (QED) is 0.795. The largest absolute Gasteiger partial charge is 0.323 e. The molecule has 0 saturated heterocycles. The molecule has 0 fully saturated rings. The number of hydrogen-bond acceptors (Lipinski definition) is 1. The molecule has 23 heavy (non-hydrogen) atoms. The minimum Gasteiger partial charge on any atom is -0.323 e. The molecule has 4 heteroatoms. The van der Waals surface area contributed by atoms with Gasteiger partial charge in [0.15, 0.2) is 0 Å². The molecule has 0 aliphatic heterocycles. The maximum absolute atomic E-state index is 12.5. The van der Waals surface area contributed by atoms with Crippen molar-refractivity contribution in [2.75, 3.05) is 12.4 Å². The number of nitrogens with one attached hydrogen (secondary N) is 1. The number of anilines is 1. The molecule has 2 rings (SSSR count). The second-order valence-electron chi connectivity index (χ2n) is 6.11. The molecule has 0 spiro atoms. The van der Waals surface area contributed by atoms with Crippen LogP contribution in [0, 0.1) is 6.92 Å². The fraction of sp³-hybridized carbons (Fsp3) is 0.316. The Morgan fingerprint density at radius 1 is 1.22 bits per heavy atom. The first-order valence-electron chi connectivity index (χ1n) is 7.74. The van der Waals surface area contributed by atoms with Crippen molar-refractivity contribution in [3.63, 3.8) is 0 Å². The third kappa shape index (κ3) is 4.49. The van der Waals surface area contributed by atoms with Gasteiger partial charge in [-0.15, -0.1) is 0 Å². The molecule has 122 valence electrons. The highest BCUT2D eigenvalue weighted by Gasteiger charge is 2.15. The molecule has 0 atom stereocenters. The maximum atomic E-state index is 12.5. The minimum absolute atomic E-state index is 0.124. The van der Waals surface area contributed by atoms with Crippen LogP contribution in [0.1, 0.15) is 36.5 Å². The van der Waals surface area contributed by atoms with Crippen LogP contribution in [-0.4, -0.2) is 18.0 Å². The van der Waals surface area contributed by atoms with Crippen molar-refractivity contribution in [1.82, 2.24) is 4.90 Å². The molecule has 0 saturated carbocycles. The first-order valence-corrected chi connectivity index (χ1v) is 8.12. The average molecular weight is 331 g/mol. The van der Waals surface area contributed by atoms with E-state index in [0.717, 1.165) is 22.4 Å². The molecule has 1 N–H and O–H groups in total. The Labute approximate surface area is 143 Å². The summed E-state index contributed by atoms with van der Waals surface area (Å²) in [6.45, 7) is 6.77. The van der Waals surface area contributed by atoms with Crippen molar-refractivity contribution in [2.45, 2.75) is 33.2 Å². The number of rotatable bonds is 4. The molecule has 0 aliphatic carbocycles. The van der Waals surface area contributed by atoms with Crippen molar-refractivity contribution < 1.29 is 4.79 Å². The molecule has 0 unspecified atom stereocenters. The number of aryl methyl sites for hydroxylation is 1. The van der Waals surface area contributed by atoms with E-state index >= 15 is 0 Å². The number of benzene rings is 2. The highest BCUT2D eigenvalue weighted by atomic mass is 35.5. The van der Waals surface area contributed by atoms with Crippen molar-refractivity contribution in [3.8, 4) is 0 Å². The van der Waals surface area contributed by atoms with Crippen LogP contribution >= 0.6 is 11.6 Å². The van der Waals surface area contributed by atoms with Crippen LogP contribution in [0.4, 0.5) is 10.5 Å². The minimum atomic E-state index is -0.124. The first-order chi connectivity index (χ1) is 10.9. The average Bonchev–Trinajstić information content (AvgIpc) is 2.48. The Morgan fingerprint density at radius 3 is 2.57 bits per heavy atom. The molecule has 2 amide bonds. The number of amides is 2. The zero-order valence-electron chi connectivity index (χ0n) is 14.1. The van der Waals surface area contributed by atoms with Gasteiger partial charge in [0, 0.05) is 24.3 Å². The number of carbonyl (C=O) groups excluding carboxylic acids is 1. The van der Waals surface area contributed by atoms with E-state index in [4.69, 9.17) is 11.6 Å². The zero-order valence-corrected chi connectivity index (χ0v) is 14.8. The number of halogens is 1. The van der Waals surface area contributed by atoms with E-state index < -0.39 is 0 Å². The smallest absolute Gasteiger partial charge is 0.321 e. The number of nitrogens with zero attached hydrogens (tertiary/aromatic N) is 1. The van der Waals surface area contributed by atoms with E-state index in [1.165, 1.54) is 0 Å². The Hall–Kier alpha value is -2.00. The van der Waals surface area contributed by atoms with Gasteiger partial charge >= 0.3 is 6.03 Å². The molecule has 3 nitrogen and oxygen atoms in total. The fourth-order valence-electron chi connectivity index (χ4n) is 2.53. The van der Waals surface area contributed by atoms with Gasteiger partial charge in [0.25, 0.3) is 0 Å². The zero-order chi connectivity index (χ0) is 17.0. The van der Waals surface area contributed by atoms with Crippen LogP contribution in [0.2, 0.25) is 5.02 Å². The number of carbonyl (C=O) groups is 1. The molecule has 2 aromatic carbocycles. The molecule has 0 radical (unpaired) electrons. The van der Waals surface area contributed by atoms with Gasteiger partial charge in [-0.1, -0.05) is 55.8 Å². The number of hydrogen-bond donors (Lipinski definition) is 1. The van der Waals surface area contributed by atoms with Crippen LogP contribution in [-0.2, 0) is 6.54 Å². The van der Waals surface area contributed by atoms with E-state index in [0.29, 0.717) is 17.5 Å². The predicted molar refractivity (Wildman–Crippen MR) is 97.2 cm³/mol. The topological polar surface area (TPSA) is 32.3 Å². The van der Waals surface area contributed by atoms with E-state index in [-0.39, 0.29) is 6.03 Å². The monoisotopic (exact) mass is 330 g/mol. The normalized spacial score (nSPS) is 10.7. The van der Waals surface area contributed by atoms with Crippen LogP contribution in [0.3, 0.4) is 0 Å². The van der Waals surface area contributed by atoms with E-state index in [1.807, 2.05) is 43.3 Å². The van der Waals surface area contributed by atoms with Crippen molar-refractivity contribution >= 4 is 23.3 Å². The number of para-hydroxylation sites is 1.